The van der Waals surface area contributed by atoms with Gasteiger partial charge in [-0.25, -0.2) is 0 Å². The number of ether oxygens (including phenoxy) is 1. The first-order valence-electron chi connectivity index (χ1n) is 9.15. The molecule has 1 aromatic heterocycles. The lowest BCUT2D eigenvalue weighted by Crippen LogP contribution is -2.45. The van der Waals surface area contributed by atoms with Crippen LogP contribution in [0, 0.1) is 0 Å². The average Bonchev–Trinajstić information content (AvgIpc) is 3.23. The number of nitrogens with zero attached hydrogens (tertiary/aromatic N) is 1. The van der Waals surface area contributed by atoms with Gasteiger partial charge in [0.1, 0.15) is 12.4 Å². The molecule has 3 aromatic rings. The number of thiophene rings is 1. The SMILES string of the molecule is Cl.Cl.c1ccc(COc2ccc([C@@H](c3cccs3)N3CCNCC3)cc2)cc1. The Hall–Kier alpha value is -1.56. The highest BCUT2D eigenvalue weighted by Gasteiger charge is 2.24. The highest BCUT2D eigenvalue weighted by atomic mass is 35.5. The largest absolute Gasteiger partial charge is 0.489 e. The van der Waals surface area contributed by atoms with Crippen molar-refractivity contribution in [2.24, 2.45) is 0 Å². The molecule has 1 N–H and O–H groups in total. The monoisotopic (exact) mass is 436 g/mol. The van der Waals surface area contributed by atoms with Gasteiger partial charge in [-0.1, -0.05) is 48.5 Å². The Labute approximate surface area is 183 Å². The predicted molar refractivity (Wildman–Crippen MR) is 122 cm³/mol. The topological polar surface area (TPSA) is 24.5 Å². The van der Waals surface area contributed by atoms with E-state index in [4.69, 9.17) is 4.74 Å². The molecule has 0 aliphatic carbocycles. The first-order chi connectivity index (χ1) is 12.9. The molecule has 0 radical (unpaired) electrons. The van der Waals surface area contributed by atoms with Crippen LogP contribution in [0.15, 0.2) is 72.1 Å². The number of benzene rings is 2. The van der Waals surface area contributed by atoms with E-state index in [2.05, 4.69) is 64.1 Å². The van der Waals surface area contributed by atoms with Crippen LogP contribution in [0.1, 0.15) is 22.0 Å². The van der Waals surface area contributed by atoms with Crippen molar-refractivity contribution in [1.29, 1.82) is 0 Å². The number of rotatable bonds is 6. The number of hydrogen-bond acceptors (Lipinski definition) is 4. The number of nitrogens with one attached hydrogen (secondary N) is 1. The van der Waals surface area contributed by atoms with Crippen molar-refractivity contribution >= 4 is 36.2 Å². The van der Waals surface area contributed by atoms with Crippen molar-refractivity contribution in [3.05, 3.63) is 88.1 Å². The lowest BCUT2D eigenvalue weighted by molar-refractivity contribution is 0.200. The standard InChI is InChI=1S/C22H24N2OS.2ClH/c1-2-5-18(6-3-1)17-25-20-10-8-19(9-11-20)22(21-7-4-16-26-21)24-14-12-23-13-15-24;;/h1-11,16,22-23H,12-15,17H2;2*1H/t22-;;/m0../s1. The molecule has 150 valence electrons. The normalized spacial score (nSPS) is 15.1. The van der Waals surface area contributed by atoms with Crippen LogP contribution in [0.4, 0.5) is 0 Å². The van der Waals surface area contributed by atoms with E-state index < -0.39 is 0 Å². The van der Waals surface area contributed by atoms with Crippen LogP contribution in [0.3, 0.4) is 0 Å². The summed E-state index contributed by atoms with van der Waals surface area (Å²) in [6.07, 6.45) is 0. The van der Waals surface area contributed by atoms with E-state index in [0.717, 1.165) is 31.9 Å². The molecule has 1 atom stereocenters. The van der Waals surface area contributed by atoms with Crippen LogP contribution in [0.25, 0.3) is 0 Å². The molecular formula is C22H26Cl2N2OS. The molecule has 4 rings (SSSR count). The maximum Gasteiger partial charge on any atom is 0.119 e. The average molecular weight is 437 g/mol. The fraction of sp³-hybridized carbons (Fsp3) is 0.273. The van der Waals surface area contributed by atoms with Crippen molar-refractivity contribution in [1.82, 2.24) is 10.2 Å². The van der Waals surface area contributed by atoms with Crippen LogP contribution in [0.2, 0.25) is 0 Å². The van der Waals surface area contributed by atoms with E-state index in [9.17, 15) is 0 Å². The summed E-state index contributed by atoms with van der Waals surface area (Å²) in [7, 11) is 0. The maximum absolute atomic E-state index is 5.94. The molecule has 0 saturated carbocycles. The quantitative estimate of drug-likeness (QED) is 0.576. The van der Waals surface area contributed by atoms with Crippen molar-refractivity contribution < 1.29 is 4.74 Å². The Morgan fingerprint density at radius 1 is 0.893 bits per heavy atom. The molecule has 2 heterocycles. The van der Waals surface area contributed by atoms with Gasteiger partial charge in [-0.15, -0.1) is 36.2 Å². The molecule has 0 amide bonds. The fourth-order valence-corrected chi connectivity index (χ4v) is 4.31. The van der Waals surface area contributed by atoms with Gasteiger partial charge in [-0.3, -0.25) is 4.90 Å². The summed E-state index contributed by atoms with van der Waals surface area (Å²) in [6.45, 7) is 4.87. The van der Waals surface area contributed by atoms with Gasteiger partial charge in [0.25, 0.3) is 0 Å². The molecule has 6 heteroatoms. The summed E-state index contributed by atoms with van der Waals surface area (Å²) in [5, 5.41) is 5.62. The molecule has 0 spiro atoms. The summed E-state index contributed by atoms with van der Waals surface area (Å²) in [5.74, 6) is 0.919. The number of halogens is 2. The molecule has 3 nitrogen and oxygen atoms in total. The van der Waals surface area contributed by atoms with Crippen molar-refractivity contribution in [2.75, 3.05) is 26.2 Å². The van der Waals surface area contributed by atoms with Crippen LogP contribution in [0.5, 0.6) is 5.75 Å². The second kappa shape index (κ2) is 11.4. The van der Waals surface area contributed by atoms with Gasteiger partial charge >= 0.3 is 0 Å². The Morgan fingerprint density at radius 3 is 2.25 bits per heavy atom. The van der Waals surface area contributed by atoms with E-state index in [1.807, 2.05) is 29.5 Å². The Kier molecular flexibility index (Phi) is 9.29. The lowest BCUT2D eigenvalue weighted by atomic mass is 10.0. The second-order valence-corrected chi connectivity index (χ2v) is 7.53. The number of hydrogen-bond donors (Lipinski definition) is 1. The second-order valence-electron chi connectivity index (χ2n) is 6.55. The third-order valence-corrected chi connectivity index (χ3v) is 5.70. The number of piperazine rings is 1. The molecule has 1 saturated heterocycles. The van der Waals surface area contributed by atoms with Gasteiger partial charge < -0.3 is 10.1 Å². The first kappa shape index (κ1) is 22.7. The zero-order chi connectivity index (χ0) is 17.6. The van der Waals surface area contributed by atoms with Crippen molar-refractivity contribution in [3.8, 4) is 5.75 Å². The third-order valence-electron chi connectivity index (χ3n) is 4.77. The fourth-order valence-electron chi connectivity index (χ4n) is 3.43. The summed E-state index contributed by atoms with van der Waals surface area (Å²) >= 11 is 1.84. The minimum atomic E-state index is 0. The minimum absolute atomic E-state index is 0. The molecule has 28 heavy (non-hydrogen) atoms. The zero-order valence-corrected chi connectivity index (χ0v) is 18.1. The zero-order valence-electron chi connectivity index (χ0n) is 15.6. The predicted octanol–water partition coefficient (Wildman–Crippen LogP) is 5.17. The first-order valence-corrected chi connectivity index (χ1v) is 10.0. The van der Waals surface area contributed by atoms with E-state index in [0.29, 0.717) is 12.6 Å². The Balaban J connectivity index is 0.00000140. The van der Waals surface area contributed by atoms with Gasteiger partial charge in [0, 0.05) is 31.1 Å². The van der Waals surface area contributed by atoms with Gasteiger partial charge in [-0.2, -0.15) is 0 Å². The molecular weight excluding hydrogens is 411 g/mol. The summed E-state index contributed by atoms with van der Waals surface area (Å²) in [4.78, 5) is 3.98. The third kappa shape index (κ3) is 5.72. The van der Waals surface area contributed by atoms with E-state index >= 15 is 0 Å². The molecule has 1 aliphatic rings. The van der Waals surface area contributed by atoms with Crippen molar-refractivity contribution in [2.45, 2.75) is 12.6 Å². The molecule has 1 fully saturated rings. The van der Waals surface area contributed by atoms with Crippen LogP contribution < -0.4 is 10.1 Å². The summed E-state index contributed by atoms with van der Waals surface area (Å²) in [6, 6.07) is 23.6. The van der Waals surface area contributed by atoms with Gasteiger partial charge in [0.15, 0.2) is 0 Å². The Bertz CT molecular complexity index is 791. The van der Waals surface area contributed by atoms with Crippen LogP contribution in [-0.4, -0.2) is 31.1 Å². The Morgan fingerprint density at radius 2 is 1.61 bits per heavy atom. The summed E-state index contributed by atoms with van der Waals surface area (Å²) < 4.78 is 5.94. The highest BCUT2D eigenvalue weighted by Crippen LogP contribution is 2.32. The van der Waals surface area contributed by atoms with Crippen molar-refractivity contribution in [3.63, 3.8) is 0 Å². The van der Waals surface area contributed by atoms with E-state index in [1.54, 1.807) is 0 Å². The molecule has 0 unspecified atom stereocenters. The van der Waals surface area contributed by atoms with E-state index in [-0.39, 0.29) is 24.8 Å². The van der Waals surface area contributed by atoms with Gasteiger partial charge in [0.05, 0.1) is 6.04 Å². The van der Waals surface area contributed by atoms with E-state index in [1.165, 1.54) is 16.0 Å². The smallest absolute Gasteiger partial charge is 0.119 e. The molecule has 0 bridgehead atoms. The maximum atomic E-state index is 5.94. The summed E-state index contributed by atoms with van der Waals surface area (Å²) in [5.41, 5.74) is 2.52. The molecule has 1 aliphatic heterocycles. The van der Waals surface area contributed by atoms with Crippen LogP contribution in [-0.2, 0) is 6.61 Å². The highest BCUT2D eigenvalue weighted by molar-refractivity contribution is 7.10. The lowest BCUT2D eigenvalue weighted by Gasteiger charge is -2.34. The minimum Gasteiger partial charge on any atom is -0.489 e. The van der Waals surface area contributed by atoms with Gasteiger partial charge in [0.2, 0.25) is 0 Å². The molecule has 2 aromatic carbocycles. The van der Waals surface area contributed by atoms with Crippen LogP contribution >= 0.6 is 36.2 Å². The van der Waals surface area contributed by atoms with Gasteiger partial charge in [-0.05, 0) is 34.7 Å².